The largest absolute Gasteiger partial charge is 0.455 e. The van der Waals surface area contributed by atoms with E-state index in [0.29, 0.717) is 5.82 Å². The Morgan fingerprint density at radius 2 is 0.633 bits per heavy atom. The zero-order valence-electron chi connectivity index (χ0n) is 58.0. The van der Waals surface area contributed by atoms with Crippen molar-refractivity contribution in [3.8, 4) is 73.2 Å². The standard InChI is InChI=1S/C92H79N5O/c1-89(2,3)59-47-56(48-60(53-59)90(4,5)6)74-55-75(94-88(93-74)58-49-61(91(7,8)9)54-62(50-58)92(10,11)12)57-51-72(67-33-17-25-41-80(67)95-76-37-21-13-29-63(76)64-30-14-22-38-77(64)95)86(97-82-43-27-19-36-71(82)85-83(97)46-45-70-69-35-20-28-44-84(69)98-87(70)85)73(52-57)68-34-18-26-42-81(68)96-78-39-23-15-31-65(78)66-32-16-24-40-79(66)96/h13-55H,1-12H3. The van der Waals surface area contributed by atoms with Crippen molar-refractivity contribution in [2.75, 3.05) is 0 Å². The highest BCUT2D eigenvalue weighted by Gasteiger charge is 2.31. The second kappa shape index (κ2) is 22.2. The molecule has 98 heavy (non-hydrogen) atoms. The molecule has 0 aliphatic heterocycles. The van der Waals surface area contributed by atoms with Crippen molar-refractivity contribution in [3.05, 3.63) is 283 Å². The van der Waals surface area contributed by atoms with Gasteiger partial charge in [0.1, 0.15) is 11.2 Å². The minimum absolute atomic E-state index is 0.145. The number of rotatable bonds is 8. The van der Waals surface area contributed by atoms with Gasteiger partial charge < -0.3 is 18.1 Å². The number of nitrogens with zero attached hydrogens (tertiary/aromatic N) is 5. The number of hydrogen-bond acceptors (Lipinski definition) is 3. The maximum atomic E-state index is 7.09. The molecule has 17 rings (SSSR count). The summed E-state index contributed by atoms with van der Waals surface area (Å²) in [6.07, 6.45) is 0. The molecule has 0 atom stereocenters. The van der Waals surface area contributed by atoms with Crippen LogP contribution < -0.4 is 0 Å². The maximum Gasteiger partial charge on any atom is 0.160 e. The van der Waals surface area contributed by atoms with Gasteiger partial charge in [0.15, 0.2) is 5.82 Å². The van der Waals surface area contributed by atoms with Gasteiger partial charge in [0.25, 0.3) is 0 Å². The smallest absolute Gasteiger partial charge is 0.160 e. The summed E-state index contributed by atoms with van der Waals surface area (Å²) in [6, 6.07) is 96.9. The van der Waals surface area contributed by atoms with E-state index in [-0.39, 0.29) is 21.7 Å². The molecule has 0 saturated carbocycles. The molecular weight excluding hydrogens is 1190 g/mol. The van der Waals surface area contributed by atoms with Crippen LogP contribution in [0.25, 0.3) is 161 Å². The Balaban J connectivity index is 1.07. The highest BCUT2D eigenvalue weighted by molar-refractivity contribution is 6.24. The first-order chi connectivity index (χ1) is 47.1. The van der Waals surface area contributed by atoms with E-state index >= 15 is 0 Å². The van der Waals surface area contributed by atoms with Gasteiger partial charge in [-0.2, -0.15) is 0 Å². The van der Waals surface area contributed by atoms with E-state index < -0.39 is 0 Å². The molecule has 0 aliphatic carbocycles. The normalized spacial score (nSPS) is 12.7. The van der Waals surface area contributed by atoms with E-state index in [4.69, 9.17) is 14.4 Å². The molecule has 0 unspecified atom stereocenters. The SMILES string of the molecule is CC(C)(C)c1cc(-c2cc(-c3cc(-c4ccccc4-n4c5ccccc5c5ccccc54)c(-n4c5ccccc5c5c6oc7ccccc7c6ccc54)c(-c4ccccc4-n4c5ccccc5c5ccccc54)c3)nc(-c3cc(C(C)(C)C)cc(C(C)(C)C)c3)n2)cc(C(C)(C)C)c1. The summed E-state index contributed by atoms with van der Waals surface area (Å²) in [5, 5.41) is 9.12. The molecule has 12 aromatic carbocycles. The number of para-hydroxylation sites is 8. The van der Waals surface area contributed by atoms with E-state index in [1.54, 1.807) is 0 Å². The Hall–Kier alpha value is -11.1. The average molecular weight is 1270 g/mol. The molecule has 0 aliphatic rings. The molecule has 0 saturated heterocycles. The quantitative estimate of drug-likeness (QED) is 0.152. The summed E-state index contributed by atoms with van der Waals surface area (Å²) in [5.74, 6) is 0.674. The van der Waals surface area contributed by atoms with Crippen LogP contribution in [0.2, 0.25) is 0 Å². The van der Waals surface area contributed by atoms with Crippen LogP contribution in [0.5, 0.6) is 0 Å². The first-order valence-corrected chi connectivity index (χ1v) is 34.5. The van der Waals surface area contributed by atoms with Gasteiger partial charge in [-0.3, -0.25) is 0 Å². The number of furan rings is 1. The van der Waals surface area contributed by atoms with Crippen molar-refractivity contribution >= 4 is 87.4 Å². The predicted molar refractivity (Wildman–Crippen MR) is 414 cm³/mol. The number of benzene rings is 12. The molecule has 17 aromatic rings. The third-order valence-corrected chi connectivity index (χ3v) is 20.5. The van der Waals surface area contributed by atoms with E-state index in [1.807, 2.05) is 0 Å². The Morgan fingerprint density at radius 3 is 1.07 bits per heavy atom. The summed E-state index contributed by atoms with van der Waals surface area (Å²) in [7, 11) is 0. The summed E-state index contributed by atoms with van der Waals surface area (Å²) >= 11 is 0. The minimum Gasteiger partial charge on any atom is -0.455 e. The zero-order chi connectivity index (χ0) is 67.3. The van der Waals surface area contributed by atoms with Gasteiger partial charge in [-0.1, -0.05) is 241 Å². The zero-order valence-corrected chi connectivity index (χ0v) is 58.0. The van der Waals surface area contributed by atoms with Crippen LogP contribution >= 0.6 is 0 Å². The van der Waals surface area contributed by atoms with E-state index in [2.05, 4.69) is 358 Å². The van der Waals surface area contributed by atoms with E-state index in [1.165, 1.54) is 43.8 Å². The van der Waals surface area contributed by atoms with Gasteiger partial charge in [0.05, 0.1) is 66.9 Å². The van der Waals surface area contributed by atoms with Gasteiger partial charge in [0.2, 0.25) is 0 Å². The Bertz CT molecular complexity index is 5670. The van der Waals surface area contributed by atoms with Crippen LogP contribution in [0, 0.1) is 0 Å². The van der Waals surface area contributed by atoms with Crippen molar-refractivity contribution in [2.24, 2.45) is 0 Å². The predicted octanol–water partition coefficient (Wildman–Crippen LogP) is 25.2. The van der Waals surface area contributed by atoms with Crippen LogP contribution in [0.15, 0.2) is 265 Å². The van der Waals surface area contributed by atoms with Gasteiger partial charge >= 0.3 is 0 Å². The monoisotopic (exact) mass is 1270 g/mol. The topological polar surface area (TPSA) is 53.7 Å². The molecule has 0 N–H and O–H groups in total. The summed E-state index contributed by atoms with van der Waals surface area (Å²) in [6.45, 7) is 27.7. The molecule has 5 heterocycles. The molecular formula is C92H79N5O. The Morgan fingerprint density at radius 1 is 0.276 bits per heavy atom. The van der Waals surface area contributed by atoms with Crippen LogP contribution in [-0.2, 0) is 21.7 Å². The van der Waals surface area contributed by atoms with Gasteiger partial charge in [0, 0.05) is 76.6 Å². The second-order valence-electron chi connectivity index (χ2n) is 31.0. The van der Waals surface area contributed by atoms with E-state index in [0.717, 1.165) is 133 Å². The lowest BCUT2D eigenvalue weighted by Gasteiger charge is -2.27. The van der Waals surface area contributed by atoms with Crippen molar-refractivity contribution in [1.29, 1.82) is 0 Å². The van der Waals surface area contributed by atoms with Crippen LogP contribution in [0.4, 0.5) is 0 Å². The first kappa shape index (κ1) is 60.6. The van der Waals surface area contributed by atoms with Gasteiger partial charge in [-0.05, 0) is 147 Å². The lowest BCUT2D eigenvalue weighted by atomic mass is 9.79. The molecule has 0 spiro atoms. The van der Waals surface area contributed by atoms with Crippen molar-refractivity contribution < 1.29 is 4.42 Å². The number of aromatic nitrogens is 5. The molecule has 0 bridgehead atoms. The average Bonchev–Trinajstić information content (AvgIpc) is 1.52. The van der Waals surface area contributed by atoms with Crippen LogP contribution in [0.1, 0.15) is 105 Å². The highest BCUT2D eigenvalue weighted by Crippen LogP contribution is 2.50. The van der Waals surface area contributed by atoms with Crippen molar-refractivity contribution in [1.82, 2.24) is 23.7 Å². The fraction of sp³-hybridized carbons (Fsp3) is 0.174. The summed E-state index contributed by atoms with van der Waals surface area (Å²) in [5.41, 5.74) is 24.7. The first-order valence-electron chi connectivity index (χ1n) is 34.5. The number of hydrogen-bond donors (Lipinski definition) is 0. The maximum absolute atomic E-state index is 7.09. The fourth-order valence-corrected chi connectivity index (χ4v) is 15.2. The second-order valence-corrected chi connectivity index (χ2v) is 31.0. The molecule has 478 valence electrons. The lowest BCUT2D eigenvalue weighted by molar-refractivity contribution is 0.568. The summed E-state index contributed by atoms with van der Waals surface area (Å²) < 4.78 is 14.6. The number of fused-ring (bicyclic) bond motifs is 13. The third kappa shape index (κ3) is 9.89. The molecule has 0 fully saturated rings. The molecule has 5 aromatic heterocycles. The Labute approximate surface area is 573 Å². The molecule has 0 amide bonds. The summed E-state index contributed by atoms with van der Waals surface area (Å²) in [4.78, 5) is 11.8. The van der Waals surface area contributed by atoms with E-state index in [9.17, 15) is 0 Å². The third-order valence-electron chi connectivity index (χ3n) is 20.5. The molecule has 6 nitrogen and oxygen atoms in total. The fourth-order valence-electron chi connectivity index (χ4n) is 15.2. The molecule has 0 radical (unpaired) electrons. The lowest BCUT2D eigenvalue weighted by Crippen LogP contribution is -2.17. The van der Waals surface area contributed by atoms with Crippen LogP contribution in [-0.4, -0.2) is 23.7 Å². The van der Waals surface area contributed by atoms with Crippen molar-refractivity contribution in [2.45, 2.75) is 105 Å². The van der Waals surface area contributed by atoms with Crippen molar-refractivity contribution in [3.63, 3.8) is 0 Å². The molecule has 6 heteroatoms. The Kier molecular flexibility index (Phi) is 13.7. The van der Waals surface area contributed by atoms with Crippen LogP contribution in [0.3, 0.4) is 0 Å². The highest BCUT2D eigenvalue weighted by atomic mass is 16.3. The van der Waals surface area contributed by atoms with Gasteiger partial charge in [-0.25, -0.2) is 9.97 Å². The minimum atomic E-state index is -0.157. The van der Waals surface area contributed by atoms with Gasteiger partial charge in [-0.15, -0.1) is 0 Å².